The fourth-order valence-electron chi connectivity index (χ4n) is 2.62. The molecule has 1 aliphatic heterocycles. The Labute approximate surface area is 113 Å². The van der Waals surface area contributed by atoms with Crippen LogP contribution in [0.2, 0.25) is 0 Å². The summed E-state index contributed by atoms with van der Waals surface area (Å²) in [4.78, 5) is 6.34. The van der Waals surface area contributed by atoms with Crippen molar-refractivity contribution in [2.75, 3.05) is 11.4 Å². The van der Waals surface area contributed by atoms with Gasteiger partial charge in [-0.1, -0.05) is 43.0 Å². The third-order valence-electron chi connectivity index (χ3n) is 3.60. The predicted octanol–water partition coefficient (Wildman–Crippen LogP) is 4.05. The molecule has 19 heavy (non-hydrogen) atoms. The monoisotopic (exact) mass is 248 g/mol. The number of aliphatic imine (C=N–C) groups is 1. The number of anilines is 1. The Balaban J connectivity index is 2.00. The van der Waals surface area contributed by atoms with Gasteiger partial charge in [0.15, 0.2) is 0 Å². The van der Waals surface area contributed by atoms with E-state index in [4.69, 9.17) is 0 Å². The summed E-state index contributed by atoms with van der Waals surface area (Å²) >= 11 is 0. The number of para-hydroxylation sites is 2. The number of hydrogen-bond acceptors (Lipinski definition) is 2. The second-order valence-electron chi connectivity index (χ2n) is 4.65. The van der Waals surface area contributed by atoms with E-state index >= 15 is 0 Å². The van der Waals surface area contributed by atoms with Gasteiger partial charge in [-0.25, -0.2) is 0 Å². The fraction of sp³-hybridized carbons (Fsp3) is 0.118. The molecule has 0 unspecified atom stereocenters. The Hall–Kier alpha value is -2.35. The molecule has 2 aromatic rings. The standard InChI is InChI=1S/C17H16N2/c1-13(15-8-4-5-9-16(15)18-2)19-12-11-14-7-3-6-10-17(14)19/h3-10H,1-2,11-12H2. The van der Waals surface area contributed by atoms with E-state index in [0.29, 0.717) is 0 Å². The Morgan fingerprint density at radius 3 is 2.63 bits per heavy atom. The molecule has 0 spiro atoms. The van der Waals surface area contributed by atoms with Crippen molar-refractivity contribution in [1.29, 1.82) is 0 Å². The molecule has 1 aliphatic rings. The van der Waals surface area contributed by atoms with E-state index in [-0.39, 0.29) is 0 Å². The van der Waals surface area contributed by atoms with Crippen molar-refractivity contribution in [2.45, 2.75) is 6.42 Å². The van der Waals surface area contributed by atoms with Crippen LogP contribution in [-0.2, 0) is 6.42 Å². The molecule has 2 aromatic carbocycles. The highest BCUT2D eigenvalue weighted by atomic mass is 15.2. The highest BCUT2D eigenvalue weighted by Crippen LogP contribution is 2.36. The van der Waals surface area contributed by atoms with E-state index in [0.717, 1.165) is 29.9 Å². The average molecular weight is 248 g/mol. The first kappa shape index (κ1) is 11.7. The molecule has 0 bridgehead atoms. The van der Waals surface area contributed by atoms with Gasteiger partial charge < -0.3 is 4.90 Å². The molecular weight excluding hydrogens is 232 g/mol. The van der Waals surface area contributed by atoms with Gasteiger partial charge in [-0.15, -0.1) is 0 Å². The summed E-state index contributed by atoms with van der Waals surface area (Å²) in [5.74, 6) is 0. The fourth-order valence-corrected chi connectivity index (χ4v) is 2.62. The average Bonchev–Trinajstić information content (AvgIpc) is 2.90. The van der Waals surface area contributed by atoms with Crippen molar-refractivity contribution in [3.63, 3.8) is 0 Å². The van der Waals surface area contributed by atoms with Gasteiger partial charge in [-0.2, -0.15) is 0 Å². The minimum absolute atomic E-state index is 0.886. The second kappa shape index (κ2) is 4.73. The van der Waals surface area contributed by atoms with Crippen molar-refractivity contribution in [1.82, 2.24) is 0 Å². The van der Waals surface area contributed by atoms with Crippen LogP contribution in [0.15, 0.2) is 60.1 Å². The molecule has 2 heteroatoms. The zero-order valence-electron chi connectivity index (χ0n) is 10.8. The molecule has 0 N–H and O–H groups in total. The van der Waals surface area contributed by atoms with E-state index in [2.05, 4.69) is 47.5 Å². The third kappa shape index (κ3) is 1.95. The van der Waals surface area contributed by atoms with Crippen molar-refractivity contribution >= 4 is 23.8 Å². The molecule has 0 amide bonds. The smallest absolute Gasteiger partial charge is 0.0715 e. The highest BCUT2D eigenvalue weighted by Gasteiger charge is 2.22. The summed E-state index contributed by atoms with van der Waals surface area (Å²) in [6.45, 7) is 8.86. The first-order chi connectivity index (χ1) is 9.31. The lowest BCUT2D eigenvalue weighted by Crippen LogP contribution is -2.17. The summed E-state index contributed by atoms with van der Waals surface area (Å²) in [5.41, 5.74) is 5.57. The molecule has 0 radical (unpaired) electrons. The van der Waals surface area contributed by atoms with Gasteiger partial charge in [0.2, 0.25) is 0 Å². The summed E-state index contributed by atoms with van der Waals surface area (Å²) in [7, 11) is 0. The van der Waals surface area contributed by atoms with Crippen LogP contribution < -0.4 is 4.90 Å². The lowest BCUT2D eigenvalue weighted by atomic mass is 10.1. The summed E-state index contributed by atoms with van der Waals surface area (Å²) < 4.78 is 0. The molecule has 3 rings (SSSR count). The van der Waals surface area contributed by atoms with E-state index < -0.39 is 0 Å². The molecule has 0 aromatic heterocycles. The summed E-state index contributed by atoms with van der Waals surface area (Å²) in [5, 5.41) is 0. The lowest BCUT2D eigenvalue weighted by molar-refractivity contribution is 1.01. The van der Waals surface area contributed by atoms with Crippen molar-refractivity contribution in [3.8, 4) is 0 Å². The van der Waals surface area contributed by atoms with Crippen LogP contribution in [-0.4, -0.2) is 13.3 Å². The van der Waals surface area contributed by atoms with Crippen molar-refractivity contribution < 1.29 is 0 Å². The SMILES string of the molecule is C=Nc1ccccc1C(=C)N1CCc2ccccc21. The molecule has 2 nitrogen and oxygen atoms in total. The molecular formula is C17H16N2. The Kier molecular flexibility index (Phi) is 2.92. The highest BCUT2D eigenvalue weighted by molar-refractivity contribution is 5.85. The molecule has 0 saturated heterocycles. The van der Waals surface area contributed by atoms with Gasteiger partial charge in [-0.05, 0) is 30.8 Å². The zero-order valence-corrected chi connectivity index (χ0v) is 10.8. The minimum Gasteiger partial charge on any atom is -0.341 e. The first-order valence-corrected chi connectivity index (χ1v) is 6.42. The summed E-state index contributed by atoms with van der Waals surface area (Å²) in [6.07, 6.45) is 1.07. The molecule has 0 atom stereocenters. The third-order valence-corrected chi connectivity index (χ3v) is 3.60. The maximum Gasteiger partial charge on any atom is 0.0715 e. The van der Waals surface area contributed by atoms with Gasteiger partial charge in [-0.3, -0.25) is 4.99 Å². The Bertz CT molecular complexity index is 643. The van der Waals surface area contributed by atoms with Gasteiger partial charge in [0.25, 0.3) is 0 Å². The van der Waals surface area contributed by atoms with E-state index in [1.165, 1.54) is 11.3 Å². The van der Waals surface area contributed by atoms with Crippen LogP contribution in [0.4, 0.5) is 11.4 Å². The Morgan fingerprint density at radius 2 is 1.79 bits per heavy atom. The maximum absolute atomic E-state index is 4.25. The quantitative estimate of drug-likeness (QED) is 0.748. The zero-order chi connectivity index (χ0) is 13.2. The van der Waals surface area contributed by atoms with Gasteiger partial charge >= 0.3 is 0 Å². The topological polar surface area (TPSA) is 15.6 Å². The number of fused-ring (bicyclic) bond motifs is 1. The molecule has 0 aliphatic carbocycles. The Morgan fingerprint density at radius 1 is 1.05 bits per heavy atom. The second-order valence-corrected chi connectivity index (χ2v) is 4.65. The number of nitrogens with zero attached hydrogens (tertiary/aromatic N) is 2. The molecule has 0 saturated carbocycles. The van der Waals surface area contributed by atoms with Gasteiger partial charge in [0.1, 0.15) is 0 Å². The van der Waals surface area contributed by atoms with Crippen LogP contribution in [0.3, 0.4) is 0 Å². The largest absolute Gasteiger partial charge is 0.341 e. The number of hydrogen-bond donors (Lipinski definition) is 0. The van der Waals surface area contributed by atoms with Crippen molar-refractivity contribution in [3.05, 3.63) is 66.2 Å². The van der Waals surface area contributed by atoms with Gasteiger partial charge in [0.05, 0.1) is 5.69 Å². The molecule has 1 heterocycles. The molecule has 94 valence electrons. The van der Waals surface area contributed by atoms with Crippen LogP contribution >= 0.6 is 0 Å². The van der Waals surface area contributed by atoms with Crippen LogP contribution in [0.5, 0.6) is 0 Å². The normalized spacial score (nSPS) is 13.2. The first-order valence-electron chi connectivity index (χ1n) is 6.42. The lowest BCUT2D eigenvalue weighted by Gasteiger charge is -2.23. The van der Waals surface area contributed by atoms with Crippen LogP contribution in [0, 0.1) is 0 Å². The van der Waals surface area contributed by atoms with Crippen LogP contribution in [0.25, 0.3) is 5.70 Å². The predicted molar refractivity (Wildman–Crippen MR) is 82.2 cm³/mol. The summed E-state index contributed by atoms with van der Waals surface area (Å²) in [6, 6.07) is 16.5. The van der Waals surface area contributed by atoms with E-state index in [9.17, 15) is 0 Å². The number of benzene rings is 2. The maximum atomic E-state index is 4.25. The van der Waals surface area contributed by atoms with E-state index in [1.807, 2.05) is 24.3 Å². The minimum atomic E-state index is 0.886. The molecule has 0 fully saturated rings. The number of rotatable bonds is 3. The van der Waals surface area contributed by atoms with Crippen LogP contribution in [0.1, 0.15) is 11.1 Å². The van der Waals surface area contributed by atoms with Crippen molar-refractivity contribution in [2.24, 2.45) is 4.99 Å². The van der Waals surface area contributed by atoms with Gasteiger partial charge in [0, 0.05) is 23.5 Å². The van der Waals surface area contributed by atoms with E-state index in [1.54, 1.807) is 0 Å².